The van der Waals surface area contributed by atoms with Gasteiger partial charge in [0.15, 0.2) is 0 Å². The van der Waals surface area contributed by atoms with Gasteiger partial charge in [-0.05, 0) is 24.6 Å². The summed E-state index contributed by atoms with van der Waals surface area (Å²) < 4.78 is 0. The van der Waals surface area contributed by atoms with Crippen LogP contribution < -0.4 is 16.0 Å². The van der Waals surface area contributed by atoms with Crippen molar-refractivity contribution in [3.63, 3.8) is 0 Å². The number of amides is 2. The molecule has 5 nitrogen and oxygen atoms in total. The molecule has 6 heteroatoms. The van der Waals surface area contributed by atoms with E-state index in [0.29, 0.717) is 5.02 Å². The highest BCUT2D eigenvalue weighted by atomic mass is 35.5. The zero-order valence-corrected chi connectivity index (χ0v) is 10.7. The van der Waals surface area contributed by atoms with Crippen LogP contribution in [-0.4, -0.2) is 24.9 Å². The van der Waals surface area contributed by atoms with Gasteiger partial charge in [0, 0.05) is 16.8 Å². The number of nitrogens with two attached hydrogens (primary N) is 1. The molecule has 1 fully saturated rings. The Balaban J connectivity index is 2.26. The lowest BCUT2D eigenvalue weighted by Gasteiger charge is -2.27. The van der Waals surface area contributed by atoms with E-state index >= 15 is 0 Å². The van der Waals surface area contributed by atoms with Crippen molar-refractivity contribution in [1.82, 2.24) is 5.32 Å². The molecule has 18 heavy (non-hydrogen) atoms. The van der Waals surface area contributed by atoms with E-state index in [2.05, 4.69) is 5.32 Å². The number of benzene rings is 1. The Bertz CT molecular complexity index is 486. The zero-order valence-electron chi connectivity index (χ0n) is 9.94. The molecule has 2 amide bonds. The van der Waals surface area contributed by atoms with Crippen molar-refractivity contribution in [1.29, 1.82) is 0 Å². The molecule has 1 aliphatic heterocycles. The number of piperazine rings is 1. The van der Waals surface area contributed by atoms with E-state index in [9.17, 15) is 9.59 Å². The van der Waals surface area contributed by atoms with Crippen LogP contribution in [0, 0.1) is 0 Å². The van der Waals surface area contributed by atoms with E-state index in [1.165, 1.54) is 0 Å². The average molecular weight is 268 g/mol. The first-order valence-corrected chi connectivity index (χ1v) is 5.98. The van der Waals surface area contributed by atoms with Crippen LogP contribution in [0.4, 0.5) is 5.69 Å². The van der Waals surface area contributed by atoms with E-state index in [-0.39, 0.29) is 30.9 Å². The van der Waals surface area contributed by atoms with Crippen molar-refractivity contribution >= 4 is 29.1 Å². The van der Waals surface area contributed by atoms with Gasteiger partial charge in [-0.25, -0.2) is 0 Å². The van der Waals surface area contributed by atoms with Gasteiger partial charge >= 0.3 is 0 Å². The lowest BCUT2D eigenvalue weighted by Crippen LogP contribution is -2.51. The number of nitrogens with zero attached hydrogens (tertiary/aromatic N) is 1. The quantitative estimate of drug-likeness (QED) is 0.778. The number of carbonyl (C=O) groups is 2. The molecule has 1 unspecified atom stereocenters. The second kappa shape index (κ2) is 4.96. The molecular weight excluding hydrogens is 254 g/mol. The Morgan fingerprint density at radius 3 is 2.44 bits per heavy atom. The maximum absolute atomic E-state index is 11.3. The molecule has 0 saturated carbocycles. The maximum Gasteiger partial charge on any atom is 0.246 e. The highest BCUT2D eigenvalue weighted by molar-refractivity contribution is 6.31. The highest BCUT2D eigenvalue weighted by Gasteiger charge is 2.23. The molecule has 1 aromatic carbocycles. The van der Waals surface area contributed by atoms with Gasteiger partial charge in [0.2, 0.25) is 11.8 Å². The summed E-state index contributed by atoms with van der Waals surface area (Å²) >= 11 is 6.12. The molecule has 0 aliphatic carbocycles. The van der Waals surface area contributed by atoms with Crippen molar-refractivity contribution in [3.05, 3.63) is 28.8 Å². The third-order valence-corrected chi connectivity index (χ3v) is 3.11. The van der Waals surface area contributed by atoms with E-state index in [4.69, 9.17) is 17.3 Å². The number of carbonyl (C=O) groups excluding carboxylic acids is 2. The van der Waals surface area contributed by atoms with Crippen LogP contribution in [0.5, 0.6) is 0 Å². The van der Waals surface area contributed by atoms with Crippen molar-refractivity contribution < 1.29 is 9.59 Å². The predicted octanol–water partition coefficient (Wildman–Crippen LogP) is 0.823. The Hall–Kier alpha value is -1.59. The fourth-order valence-corrected chi connectivity index (χ4v) is 2.25. The van der Waals surface area contributed by atoms with Crippen LogP contribution in [0.3, 0.4) is 0 Å². The molecule has 96 valence electrons. The van der Waals surface area contributed by atoms with Crippen molar-refractivity contribution in [2.24, 2.45) is 5.73 Å². The lowest BCUT2D eigenvalue weighted by atomic mass is 10.1. The SMILES string of the molecule is CC(N)c1ccc(N2CC(=O)NC(=O)C2)cc1Cl. The first-order valence-electron chi connectivity index (χ1n) is 5.60. The van der Waals surface area contributed by atoms with Crippen LogP contribution in [0.25, 0.3) is 0 Å². The smallest absolute Gasteiger partial charge is 0.246 e. The van der Waals surface area contributed by atoms with E-state index in [0.717, 1.165) is 11.3 Å². The Morgan fingerprint density at radius 1 is 1.33 bits per heavy atom. The summed E-state index contributed by atoms with van der Waals surface area (Å²) in [4.78, 5) is 24.3. The first kappa shape index (κ1) is 12.9. The molecule has 0 bridgehead atoms. The van der Waals surface area contributed by atoms with E-state index < -0.39 is 0 Å². The second-order valence-electron chi connectivity index (χ2n) is 4.32. The van der Waals surface area contributed by atoms with Gasteiger partial charge in [-0.15, -0.1) is 0 Å². The molecule has 1 heterocycles. The first-order chi connectivity index (χ1) is 8.47. The molecule has 1 aromatic rings. The van der Waals surface area contributed by atoms with Crippen LogP contribution >= 0.6 is 11.6 Å². The van der Waals surface area contributed by atoms with Gasteiger partial charge in [0.25, 0.3) is 0 Å². The van der Waals surface area contributed by atoms with Crippen LogP contribution in [0.1, 0.15) is 18.5 Å². The third kappa shape index (κ3) is 2.63. The molecule has 3 N–H and O–H groups in total. The standard InChI is InChI=1S/C12H14ClN3O2/c1-7(14)9-3-2-8(4-10(9)13)16-5-11(17)15-12(18)6-16/h2-4,7H,5-6,14H2,1H3,(H,15,17,18). The minimum atomic E-state index is -0.307. The maximum atomic E-state index is 11.3. The molecule has 0 spiro atoms. The van der Waals surface area contributed by atoms with Crippen LogP contribution in [-0.2, 0) is 9.59 Å². The molecule has 1 saturated heterocycles. The van der Waals surface area contributed by atoms with E-state index in [1.807, 2.05) is 19.1 Å². The summed E-state index contributed by atoms with van der Waals surface area (Å²) in [5.41, 5.74) is 7.35. The third-order valence-electron chi connectivity index (χ3n) is 2.79. The molecule has 0 aromatic heterocycles. The van der Waals surface area contributed by atoms with Crippen molar-refractivity contribution in [2.45, 2.75) is 13.0 Å². The monoisotopic (exact) mass is 267 g/mol. The topological polar surface area (TPSA) is 75.4 Å². The number of anilines is 1. The molecule has 2 rings (SSSR count). The van der Waals surface area contributed by atoms with Crippen molar-refractivity contribution in [2.75, 3.05) is 18.0 Å². The lowest BCUT2D eigenvalue weighted by molar-refractivity contribution is -0.130. The summed E-state index contributed by atoms with van der Waals surface area (Å²) in [5, 5.41) is 2.79. The summed E-state index contributed by atoms with van der Waals surface area (Å²) in [6, 6.07) is 5.21. The minimum Gasteiger partial charge on any atom is -0.353 e. The van der Waals surface area contributed by atoms with E-state index in [1.54, 1.807) is 11.0 Å². The molecular formula is C12H14ClN3O2. The summed E-state index contributed by atoms with van der Waals surface area (Å²) in [6.45, 7) is 2.15. The number of halogens is 1. The Morgan fingerprint density at radius 2 is 1.94 bits per heavy atom. The number of imide groups is 1. The van der Waals surface area contributed by atoms with Crippen LogP contribution in [0.2, 0.25) is 5.02 Å². The number of nitrogens with one attached hydrogen (secondary N) is 1. The van der Waals surface area contributed by atoms with Gasteiger partial charge in [0.05, 0.1) is 13.1 Å². The molecule has 1 atom stereocenters. The van der Waals surface area contributed by atoms with Gasteiger partial charge in [0.1, 0.15) is 0 Å². The van der Waals surface area contributed by atoms with Crippen molar-refractivity contribution in [3.8, 4) is 0 Å². The summed E-state index contributed by atoms with van der Waals surface area (Å²) in [5.74, 6) is -0.614. The Kier molecular flexibility index (Phi) is 3.54. The largest absolute Gasteiger partial charge is 0.353 e. The summed E-state index contributed by atoms with van der Waals surface area (Å²) in [7, 11) is 0. The van der Waals surface area contributed by atoms with Gasteiger partial charge in [-0.1, -0.05) is 17.7 Å². The molecule has 1 aliphatic rings. The van der Waals surface area contributed by atoms with Gasteiger partial charge < -0.3 is 10.6 Å². The number of hydrogen-bond acceptors (Lipinski definition) is 4. The molecule has 0 radical (unpaired) electrons. The second-order valence-corrected chi connectivity index (χ2v) is 4.73. The minimum absolute atomic E-state index is 0.152. The highest BCUT2D eigenvalue weighted by Crippen LogP contribution is 2.27. The fourth-order valence-electron chi connectivity index (χ4n) is 1.90. The zero-order chi connectivity index (χ0) is 13.3. The number of rotatable bonds is 2. The normalized spacial score (nSPS) is 17.6. The summed E-state index contributed by atoms with van der Waals surface area (Å²) in [6.07, 6.45) is 0. The predicted molar refractivity (Wildman–Crippen MR) is 69.4 cm³/mol. The van der Waals surface area contributed by atoms with Crippen LogP contribution in [0.15, 0.2) is 18.2 Å². The fraction of sp³-hybridized carbons (Fsp3) is 0.333. The van der Waals surface area contributed by atoms with Gasteiger partial charge in [-0.2, -0.15) is 0 Å². The van der Waals surface area contributed by atoms with Gasteiger partial charge in [-0.3, -0.25) is 14.9 Å². The Labute approximate surface area is 110 Å². The number of hydrogen-bond donors (Lipinski definition) is 2. The average Bonchev–Trinajstić information content (AvgIpc) is 2.26.